The summed E-state index contributed by atoms with van der Waals surface area (Å²) >= 11 is 0. The van der Waals surface area contributed by atoms with Gasteiger partial charge in [0.1, 0.15) is 0 Å². The Morgan fingerprint density at radius 2 is 1.35 bits per heavy atom. The van der Waals surface area contributed by atoms with Crippen LogP contribution in [0.1, 0.15) is 62.8 Å². The van der Waals surface area contributed by atoms with E-state index < -0.39 is 40.4 Å². The van der Waals surface area contributed by atoms with Crippen molar-refractivity contribution >= 4 is 0 Å². The minimum atomic E-state index is -5.02. The van der Waals surface area contributed by atoms with Gasteiger partial charge < -0.3 is 0 Å². The SMILES string of the molecule is CC(C)N(CCCC(C#N)(c1c(C(F)(F)F)cccc1C(F)(F)F)C(C)C)Cc1ccccc1. The highest BCUT2D eigenvalue weighted by molar-refractivity contribution is 5.48. The average Bonchev–Trinajstić information content (AvgIpc) is 2.74. The molecule has 0 aliphatic carbocycles. The number of halogens is 6. The van der Waals surface area contributed by atoms with Crippen molar-refractivity contribution in [3.8, 4) is 6.07 Å². The molecule has 2 aromatic carbocycles. The number of hydrogen-bond donors (Lipinski definition) is 0. The second kappa shape index (κ2) is 10.8. The first-order valence-electron chi connectivity index (χ1n) is 11.2. The van der Waals surface area contributed by atoms with E-state index in [0.717, 1.165) is 11.6 Å². The van der Waals surface area contributed by atoms with Crippen LogP contribution in [-0.4, -0.2) is 17.5 Å². The van der Waals surface area contributed by atoms with E-state index in [9.17, 15) is 31.6 Å². The van der Waals surface area contributed by atoms with Crippen molar-refractivity contribution < 1.29 is 26.3 Å². The lowest BCUT2D eigenvalue weighted by molar-refractivity contribution is -0.145. The fourth-order valence-corrected chi connectivity index (χ4v) is 4.35. The van der Waals surface area contributed by atoms with Gasteiger partial charge in [0.2, 0.25) is 0 Å². The Labute approximate surface area is 197 Å². The Kier molecular flexibility index (Phi) is 8.81. The van der Waals surface area contributed by atoms with Crippen molar-refractivity contribution in [2.24, 2.45) is 5.92 Å². The van der Waals surface area contributed by atoms with Gasteiger partial charge in [0.05, 0.1) is 22.6 Å². The fraction of sp³-hybridized carbons (Fsp3) is 0.500. The van der Waals surface area contributed by atoms with E-state index >= 15 is 0 Å². The lowest BCUT2D eigenvalue weighted by atomic mass is 9.66. The van der Waals surface area contributed by atoms with Crippen LogP contribution in [0.3, 0.4) is 0 Å². The second-order valence-corrected chi connectivity index (χ2v) is 9.11. The van der Waals surface area contributed by atoms with Crippen LogP contribution in [-0.2, 0) is 24.3 Å². The molecule has 1 atom stereocenters. The Bertz CT molecular complexity index is 941. The van der Waals surface area contributed by atoms with Crippen LogP contribution >= 0.6 is 0 Å². The molecule has 2 aromatic rings. The second-order valence-electron chi connectivity index (χ2n) is 9.11. The highest BCUT2D eigenvalue weighted by Crippen LogP contribution is 2.48. The van der Waals surface area contributed by atoms with Crippen molar-refractivity contribution in [3.63, 3.8) is 0 Å². The molecule has 34 heavy (non-hydrogen) atoms. The first-order chi connectivity index (χ1) is 15.7. The first-order valence-corrected chi connectivity index (χ1v) is 11.2. The lowest BCUT2D eigenvalue weighted by Gasteiger charge is -2.36. The molecule has 8 heteroatoms. The van der Waals surface area contributed by atoms with Crippen LogP contribution < -0.4 is 0 Å². The Morgan fingerprint density at radius 3 is 1.76 bits per heavy atom. The van der Waals surface area contributed by atoms with Crippen molar-refractivity contribution in [3.05, 3.63) is 70.8 Å². The van der Waals surface area contributed by atoms with Gasteiger partial charge >= 0.3 is 12.4 Å². The van der Waals surface area contributed by atoms with E-state index in [-0.39, 0.29) is 18.9 Å². The molecule has 0 aliphatic rings. The highest BCUT2D eigenvalue weighted by Gasteiger charge is 2.49. The number of benzene rings is 2. The Balaban J connectivity index is 2.47. The molecule has 0 aliphatic heterocycles. The maximum atomic E-state index is 13.9. The Morgan fingerprint density at radius 1 is 0.824 bits per heavy atom. The minimum Gasteiger partial charge on any atom is -0.297 e. The lowest BCUT2D eigenvalue weighted by Crippen LogP contribution is -2.38. The van der Waals surface area contributed by atoms with Gasteiger partial charge in [0.15, 0.2) is 0 Å². The maximum absolute atomic E-state index is 13.9. The smallest absolute Gasteiger partial charge is 0.297 e. The number of rotatable bonds is 9. The van der Waals surface area contributed by atoms with Crippen LogP contribution in [0.5, 0.6) is 0 Å². The van der Waals surface area contributed by atoms with Crippen LogP contribution in [0.2, 0.25) is 0 Å². The summed E-state index contributed by atoms with van der Waals surface area (Å²) in [5, 5.41) is 10.1. The zero-order valence-corrected chi connectivity index (χ0v) is 19.8. The summed E-state index contributed by atoms with van der Waals surface area (Å²) in [6, 6.07) is 13.6. The van der Waals surface area contributed by atoms with Gasteiger partial charge in [-0.25, -0.2) is 0 Å². The van der Waals surface area contributed by atoms with Crippen molar-refractivity contribution in [2.75, 3.05) is 6.54 Å². The number of hydrogen-bond acceptors (Lipinski definition) is 2. The third-order valence-electron chi connectivity index (χ3n) is 6.28. The van der Waals surface area contributed by atoms with Gasteiger partial charge in [-0.1, -0.05) is 50.2 Å². The van der Waals surface area contributed by atoms with E-state index in [4.69, 9.17) is 0 Å². The van der Waals surface area contributed by atoms with Crippen LogP contribution in [0.25, 0.3) is 0 Å². The molecule has 1 unspecified atom stereocenters. The zero-order valence-electron chi connectivity index (χ0n) is 19.8. The zero-order chi connectivity index (χ0) is 25.7. The normalized spacial score (nSPS) is 14.5. The molecule has 0 spiro atoms. The molecular formula is C26H30F6N2. The largest absolute Gasteiger partial charge is 0.416 e. The van der Waals surface area contributed by atoms with E-state index in [2.05, 4.69) is 4.90 Å². The quantitative estimate of drug-likeness (QED) is 0.339. The van der Waals surface area contributed by atoms with Crippen LogP contribution in [0.4, 0.5) is 26.3 Å². The summed E-state index contributed by atoms with van der Waals surface area (Å²) in [6.07, 6.45) is -9.91. The van der Waals surface area contributed by atoms with Gasteiger partial charge in [0, 0.05) is 12.6 Å². The van der Waals surface area contributed by atoms with Gasteiger partial charge in [0.25, 0.3) is 0 Å². The Hall–Kier alpha value is -2.53. The molecule has 186 valence electrons. The van der Waals surface area contributed by atoms with Gasteiger partial charge in [-0.05, 0) is 62.4 Å². The van der Waals surface area contributed by atoms with Gasteiger partial charge in [-0.3, -0.25) is 4.90 Å². The standard InChI is InChI=1S/C26H30F6N2/c1-18(2)24(17-33,14-9-15-34(19(3)4)16-20-10-6-5-7-11-20)23-21(25(27,28)29)12-8-13-22(23)26(30,31)32/h5-8,10-13,18-19H,9,14-16H2,1-4H3. The maximum Gasteiger partial charge on any atom is 0.416 e. The minimum absolute atomic E-state index is 0.101. The number of alkyl halides is 6. The van der Waals surface area contributed by atoms with Crippen LogP contribution in [0, 0.1) is 17.2 Å². The van der Waals surface area contributed by atoms with Crippen molar-refractivity contribution in [2.45, 2.75) is 70.9 Å². The number of nitriles is 1. The van der Waals surface area contributed by atoms with E-state index in [1.807, 2.05) is 50.2 Å². The van der Waals surface area contributed by atoms with E-state index in [1.54, 1.807) is 0 Å². The molecule has 0 radical (unpaired) electrons. The summed E-state index contributed by atoms with van der Waals surface area (Å²) in [5.74, 6) is -0.774. The monoisotopic (exact) mass is 484 g/mol. The molecule has 2 nitrogen and oxygen atoms in total. The van der Waals surface area contributed by atoms with E-state index in [0.29, 0.717) is 25.2 Å². The molecule has 0 amide bonds. The molecule has 0 bridgehead atoms. The predicted octanol–water partition coefficient (Wildman–Crippen LogP) is 7.83. The fourth-order valence-electron chi connectivity index (χ4n) is 4.35. The molecular weight excluding hydrogens is 454 g/mol. The molecule has 2 rings (SSSR count). The molecule has 0 saturated heterocycles. The first kappa shape index (κ1) is 27.7. The molecule has 0 fully saturated rings. The topological polar surface area (TPSA) is 27.0 Å². The summed E-state index contributed by atoms with van der Waals surface area (Å²) in [7, 11) is 0. The van der Waals surface area contributed by atoms with Crippen LogP contribution in [0.15, 0.2) is 48.5 Å². The van der Waals surface area contributed by atoms with Gasteiger partial charge in [-0.2, -0.15) is 31.6 Å². The molecule has 0 heterocycles. The molecule has 0 N–H and O–H groups in total. The summed E-state index contributed by atoms with van der Waals surface area (Å²) in [6.45, 7) is 7.97. The van der Waals surface area contributed by atoms with Crippen molar-refractivity contribution in [1.82, 2.24) is 4.90 Å². The van der Waals surface area contributed by atoms with Crippen molar-refractivity contribution in [1.29, 1.82) is 5.26 Å². The number of nitrogens with zero attached hydrogens (tertiary/aromatic N) is 2. The summed E-state index contributed by atoms with van der Waals surface area (Å²) in [4.78, 5) is 2.10. The summed E-state index contributed by atoms with van der Waals surface area (Å²) < 4.78 is 83.2. The van der Waals surface area contributed by atoms with E-state index in [1.165, 1.54) is 13.8 Å². The third kappa shape index (κ3) is 6.32. The predicted molar refractivity (Wildman–Crippen MR) is 120 cm³/mol. The highest BCUT2D eigenvalue weighted by atomic mass is 19.4. The van der Waals surface area contributed by atoms with Gasteiger partial charge in [-0.15, -0.1) is 0 Å². The third-order valence-corrected chi connectivity index (χ3v) is 6.28. The summed E-state index contributed by atoms with van der Waals surface area (Å²) in [5.41, 5.74) is -4.67. The molecule has 0 saturated carbocycles. The average molecular weight is 485 g/mol. The molecule has 0 aromatic heterocycles.